The number of halogens is 3. The van der Waals surface area contributed by atoms with Gasteiger partial charge in [-0.2, -0.15) is 18.3 Å². The Labute approximate surface area is 118 Å². The molecule has 2 aromatic rings. The molecule has 2 rings (SSSR count). The molecule has 0 unspecified atom stereocenters. The van der Waals surface area contributed by atoms with Gasteiger partial charge in [-0.25, -0.2) is 4.68 Å². The van der Waals surface area contributed by atoms with Crippen molar-refractivity contribution in [2.75, 3.05) is 6.61 Å². The Morgan fingerprint density at radius 1 is 1.24 bits per heavy atom. The second-order valence-electron chi connectivity index (χ2n) is 4.22. The first kappa shape index (κ1) is 14.9. The average molecular weight is 299 g/mol. The van der Waals surface area contributed by atoms with Crippen LogP contribution in [0.5, 0.6) is 5.75 Å². The molecule has 0 fully saturated rings. The molecule has 21 heavy (non-hydrogen) atoms. The maximum Gasteiger partial charge on any atom is 0.392 e. The number of nitrogens with two attached hydrogens (primary N) is 1. The molecule has 0 saturated carbocycles. The van der Waals surface area contributed by atoms with Gasteiger partial charge in [0, 0.05) is 6.20 Å². The van der Waals surface area contributed by atoms with Gasteiger partial charge in [-0.15, -0.1) is 0 Å². The summed E-state index contributed by atoms with van der Waals surface area (Å²) in [6.45, 7) is -0.434. The van der Waals surface area contributed by atoms with Crippen LogP contribution in [0.25, 0.3) is 5.69 Å². The summed E-state index contributed by atoms with van der Waals surface area (Å²) in [4.78, 5) is 10.9. The van der Waals surface area contributed by atoms with Gasteiger partial charge in [-0.3, -0.25) is 4.79 Å². The summed E-state index contributed by atoms with van der Waals surface area (Å²) in [7, 11) is 0. The monoisotopic (exact) mass is 299 g/mol. The first-order valence-electron chi connectivity index (χ1n) is 6.00. The molecule has 0 bridgehead atoms. The number of rotatable bonds is 5. The summed E-state index contributed by atoms with van der Waals surface area (Å²) < 4.78 is 42.4. The zero-order valence-corrected chi connectivity index (χ0v) is 10.8. The highest BCUT2D eigenvalue weighted by atomic mass is 19.4. The maximum atomic E-state index is 12.0. The van der Waals surface area contributed by atoms with E-state index < -0.39 is 25.1 Å². The van der Waals surface area contributed by atoms with E-state index in [0.29, 0.717) is 11.4 Å². The van der Waals surface area contributed by atoms with Crippen LogP contribution < -0.4 is 10.5 Å². The number of ether oxygens (including phenoxy) is 1. The van der Waals surface area contributed by atoms with Gasteiger partial charge in [0.25, 0.3) is 5.91 Å². The third-order valence-electron chi connectivity index (χ3n) is 2.60. The number of hydrogen-bond donors (Lipinski definition) is 1. The maximum absolute atomic E-state index is 12.0. The zero-order valence-electron chi connectivity index (χ0n) is 10.8. The molecule has 0 aliphatic rings. The van der Waals surface area contributed by atoms with Gasteiger partial charge in [0.05, 0.1) is 18.7 Å². The Balaban J connectivity index is 1.99. The molecule has 0 spiro atoms. The lowest BCUT2D eigenvalue weighted by Crippen LogP contribution is -2.13. The standard InChI is InChI=1S/C13H12F3N3O2/c14-13(15,16)6-8-21-10-3-1-9(2-4-10)19-7-5-11(18-19)12(17)20/h1-5,7H,6,8H2,(H2,17,20). The van der Waals surface area contributed by atoms with Crippen molar-refractivity contribution in [2.45, 2.75) is 12.6 Å². The third kappa shape index (κ3) is 4.23. The highest BCUT2D eigenvalue weighted by molar-refractivity contribution is 5.90. The number of nitrogens with zero attached hydrogens (tertiary/aromatic N) is 2. The number of alkyl halides is 3. The Bertz CT molecular complexity index is 620. The highest BCUT2D eigenvalue weighted by Crippen LogP contribution is 2.21. The average Bonchev–Trinajstić information content (AvgIpc) is 2.88. The Kier molecular flexibility index (Phi) is 4.15. The van der Waals surface area contributed by atoms with Crippen LogP contribution >= 0.6 is 0 Å². The molecule has 0 radical (unpaired) electrons. The van der Waals surface area contributed by atoms with Crippen molar-refractivity contribution in [3.8, 4) is 11.4 Å². The molecular weight excluding hydrogens is 287 g/mol. The smallest absolute Gasteiger partial charge is 0.392 e. The quantitative estimate of drug-likeness (QED) is 0.921. The minimum atomic E-state index is -4.24. The molecule has 0 atom stereocenters. The van der Waals surface area contributed by atoms with Crippen LogP contribution in [-0.2, 0) is 0 Å². The summed E-state index contributed by atoms with van der Waals surface area (Å²) in [5.41, 5.74) is 5.85. The lowest BCUT2D eigenvalue weighted by molar-refractivity contribution is -0.139. The number of carbonyl (C=O) groups excluding carboxylic acids is 1. The van der Waals surface area contributed by atoms with Crippen LogP contribution in [-0.4, -0.2) is 28.5 Å². The van der Waals surface area contributed by atoms with E-state index in [1.807, 2.05) is 0 Å². The number of carbonyl (C=O) groups is 1. The second kappa shape index (κ2) is 5.86. The Morgan fingerprint density at radius 3 is 2.43 bits per heavy atom. The van der Waals surface area contributed by atoms with Crippen molar-refractivity contribution in [2.24, 2.45) is 5.73 Å². The normalized spacial score (nSPS) is 11.4. The van der Waals surface area contributed by atoms with Crippen LogP contribution in [0.1, 0.15) is 16.9 Å². The lowest BCUT2D eigenvalue weighted by Gasteiger charge is -2.09. The molecule has 1 heterocycles. The summed E-state index contributed by atoms with van der Waals surface area (Å²) >= 11 is 0. The number of aromatic nitrogens is 2. The molecule has 0 aliphatic carbocycles. The van der Waals surface area contributed by atoms with Gasteiger partial charge in [-0.05, 0) is 30.3 Å². The molecule has 1 aromatic heterocycles. The van der Waals surface area contributed by atoms with Crippen LogP contribution in [0.15, 0.2) is 36.5 Å². The Morgan fingerprint density at radius 2 is 1.90 bits per heavy atom. The number of benzene rings is 1. The molecular formula is C13H12F3N3O2. The summed E-state index contributed by atoms with van der Waals surface area (Å²) in [6.07, 6.45) is -3.68. The van der Waals surface area contributed by atoms with Crippen molar-refractivity contribution >= 4 is 5.91 Å². The highest BCUT2D eigenvalue weighted by Gasteiger charge is 2.26. The number of amides is 1. The van der Waals surface area contributed by atoms with Crippen molar-refractivity contribution < 1.29 is 22.7 Å². The van der Waals surface area contributed by atoms with E-state index in [9.17, 15) is 18.0 Å². The molecule has 112 valence electrons. The van der Waals surface area contributed by atoms with E-state index in [4.69, 9.17) is 10.5 Å². The van der Waals surface area contributed by atoms with Gasteiger partial charge < -0.3 is 10.5 Å². The molecule has 8 heteroatoms. The first-order valence-corrected chi connectivity index (χ1v) is 6.00. The summed E-state index contributed by atoms with van der Waals surface area (Å²) in [5.74, 6) is -0.314. The van der Waals surface area contributed by atoms with E-state index in [2.05, 4.69) is 5.10 Å². The van der Waals surface area contributed by atoms with Gasteiger partial charge in [-0.1, -0.05) is 0 Å². The van der Waals surface area contributed by atoms with Crippen LogP contribution in [0.2, 0.25) is 0 Å². The zero-order chi connectivity index (χ0) is 15.5. The molecule has 1 amide bonds. The van der Waals surface area contributed by atoms with Crippen LogP contribution in [0, 0.1) is 0 Å². The first-order chi connectivity index (χ1) is 9.85. The fraction of sp³-hybridized carbons (Fsp3) is 0.231. The van der Waals surface area contributed by atoms with Crippen molar-refractivity contribution in [3.05, 3.63) is 42.2 Å². The summed E-state index contributed by atoms with van der Waals surface area (Å²) in [5, 5.41) is 3.96. The lowest BCUT2D eigenvalue weighted by atomic mass is 10.3. The van der Waals surface area contributed by atoms with Gasteiger partial charge in [0.1, 0.15) is 11.4 Å². The van der Waals surface area contributed by atoms with Crippen LogP contribution in [0.3, 0.4) is 0 Å². The van der Waals surface area contributed by atoms with Crippen LogP contribution in [0.4, 0.5) is 13.2 Å². The van der Waals surface area contributed by atoms with E-state index >= 15 is 0 Å². The minimum Gasteiger partial charge on any atom is -0.493 e. The number of primary amides is 1. The van der Waals surface area contributed by atoms with E-state index in [1.165, 1.54) is 22.9 Å². The molecule has 2 N–H and O–H groups in total. The summed E-state index contributed by atoms with van der Waals surface area (Å²) in [6, 6.07) is 7.74. The molecule has 0 aliphatic heterocycles. The van der Waals surface area contributed by atoms with Crippen molar-refractivity contribution in [1.29, 1.82) is 0 Å². The topological polar surface area (TPSA) is 70.1 Å². The molecule has 1 aromatic carbocycles. The van der Waals surface area contributed by atoms with E-state index in [1.54, 1.807) is 18.3 Å². The van der Waals surface area contributed by atoms with Crippen molar-refractivity contribution in [1.82, 2.24) is 9.78 Å². The van der Waals surface area contributed by atoms with E-state index in [0.717, 1.165) is 0 Å². The Hall–Kier alpha value is -2.51. The molecule has 0 saturated heterocycles. The van der Waals surface area contributed by atoms with Crippen molar-refractivity contribution in [3.63, 3.8) is 0 Å². The van der Waals surface area contributed by atoms with E-state index in [-0.39, 0.29) is 5.69 Å². The minimum absolute atomic E-state index is 0.125. The number of hydrogen-bond acceptors (Lipinski definition) is 3. The second-order valence-corrected chi connectivity index (χ2v) is 4.22. The van der Waals surface area contributed by atoms with Gasteiger partial charge in [0.2, 0.25) is 0 Å². The van der Waals surface area contributed by atoms with Gasteiger partial charge in [0.15, 0.2) is 0 Å². The largest absolute Gasteiger partial charge is 0.493 e. The predicted molar refractivity (Wildman–Crippen MR) is 68.2 cm³/mol. The molecule has 5 nitrogen and oxygen atoms in total. The fourth-order valence-corrected chi connectivity index (χ4v) is 1.58. The van der Waals surface area contributed by atoms with Gasteiger partial charge >= 0.3 is 6.18 Å². The predicted octanol–water partition coefficient (Wildman–Crippen LogP) is 2.30. The SMILES string of the molecule is NC(=O)c1ccn(-c2ccc(OCCC(F)(F)F)cc2)n1. The fourth-order valence-electron chi connectivity index (χ4n) is 1.58. The third-order valence-corrected chi connectivity index (χ3v) is 2.60.